The van der Waals surface area contributed by atoms with Gasteiger partial charge >= 0.3 is 0 Å². The van der Waals surface area contributed by atoms with Crippen LogP contribution in [0.2, 0.25) is 0 Å². The Hall–Kier alpha value is -2.11. The molecule has 2 aromatic rings. The Morgan fingerprint density at radius 3 is 2.94 bits per heavy atom. The van der Waals surface area contributed by atoms with Crippen LogP contribution in [0.15, 0.2) is 24.7 Å². The summed E-state index contributed by atoms with van der Waals surface area (Å²) in [6, 6.07) is 2.16. The van der Waals surface area contributed by atoms with E-state index in [-0.39, 0.29) is 6.04 Å². The molecule has 0 aromatic carbocycles. The van der Waals surface area contributed by atoms with Gasteiger partial charge in [0.05, 0.1) is 6.54 Å². The highest BCUT2D eigenvalue weighted by molar-refractivity contribution is 5.46. The summed E-state index contributed by atoms with van der Waals surface area (Å²) in [5.41, 5.74) is 1.03. The van der Waals surface area contributed by atoms with Crippen LogP contribution in [-0.4, -0.2) is 32.8 Å². The maximum absolute atomic E-state index is 4.40. The van der Waals surface area contributed by atoms with Crippen LogP contribution in [0.5, 0.6) is 0 Å². The molecule has 0 fully saturated rings. The van der Waals surface area contributed by atoms with Gasteiger partial charge < -0.3 is 10.6 Å². The molecule has 2 N–H and O–H groups in total. The van der Waals surface area contributed by atoms with Gasteiger partial charge in [-0.2, -0.15) is 10.1 Å². The molecule has 6 heteroatoms. The quantitative estimate of drug-likeness (QED) is 0.837. The summed E-state index contributed by atoms with van der Waals surface area (Å²) in [5, 5.41) is 10.5. The Kier molecular flexibility index (Phi) is 3.76. The lowest BCUT2D eigenvalue weighted by molar-refractivity contribution is 0.559. The summed E-state index contributed by atoms with van der Waals surface area (Å²) in [7, 11) is 1.81. The lowest BCUT2D eigenvalue weighted by Gasteiger charge is -2.16. The normalized spacial score (nSPS) is 12.2. The van der Waals surface area contributed by atoms with Gasteiger partial charge in [-0.05, 0) is 19.9 Å². The number of nitrogens with one attached hydrogen (secondary N) is 2. The van der Waals surface area contributed by atoms with Crippen molar-refractivity contribution >= 4 is 11.8 Å². The Morgan fingerprint density at radius 1 is 1.44 bits per heavy atom. The van der Waals surface area contributed by atoms with Gasteiger partial charge in [-0.1, -0.05) is 0 Å². The largest absolute Gasteiger partial charge is 0.365 e. The van der Waals surface area contributed by atoms with E-state index in [0.717, 1.165) is 17.9 Å². The molecule has 0 aliphatic heterocycles. The Labute approximate surface area is 106 Å². The number of aromatic nitrogens is 4. The number of aryl methyl sites for hydroxylation is 1. The topological polar surface area (TPSA) is 67.7 Å². The first-order valence-electron chi connectivity index (χ1n) is 5.94. The summed E-state index contributed by atoms with van der Waals surface area (Å²) in [5.74, 6) is 1.48. The second-order valence-electron chi connectivity index (χ2n) is 4.25. The third-order valence-electron chi connectivity index (χ3n) is 2.60. The number of hydrogen-bond acceptors (Lipinski definition) is 5. The second-order valence-corrected chi connectivity index (χ2v) is 4.25. The smallest absolute Gasteiger partial charge is 0.224 e. The van der Waals surface area contributed by atoms with Crippen molar-refractivity contribution < 1.29 is 0 Å². The lowest BCUT2D eigenvalue weighted by atomic mass is 10.3. The van der Waals surface area contributed by atoms with Gasteiger partial charge in [-0.15, -0.1) is 0 Å². The molecule has 0 saturated heterocycles. The molecule has 0 amide bonds. The van der Waals surface area contributed by atoms with Crippen molar-refractivity contribution in [2.45, 2.75) is 26.4 Å². The highest BCUT2D eigenvalue weighted by Crippen LogP contribution is 2.13. The predicted molar refractivity (Wildman–Crippen MR) is 71.6 cm³/mol. The molecule has 2 heterocycles. The van der Waals surface area contributed by atoms with E-state index < -0.39 is 0 Å². The standard InChI is InChI=1S/C12H18N6/c1-9-7-14-12(13-3)17-11(9)16-10(2)8-18-6-4-5-15-18/h4-7,10H,8H2,1-3H3,(H2,13,14,16,17). The van der Waals surface area contributed by atoms with Crippen molar-refractivity contribution in [1.29, 1.82) is 0 Å². The van der Waals surface area contributed by atoms with Crippen molar-refractivity contribution in [2.24, 2.45) is 0 Å². The fraction of sp³-hybridized carbons (Fsp3) is 0.417. The van der Waals surface area contributed by atoms with E-state index in [1.807, 2.05) is 37.1 Å². The van der Waals surface area contributed by atoms with Gasteiger partial charge in [0, 0.05) is 37.2 Å². The Morgan fingerprint density at radius 2 is 2.28 bits per heavy atom. The van der Waals surface area contributed by atoms with E-state index in [2.05, 4.69) is 32.6 Å². The first-order valence-corrected chi connectivity index (χ1v) is 5.94. The van der Waals surface area contributed by atoms with E-state index in [1.165, 1.54) is 0 Å². The van der Waals surface area contributed by atoms with Gasteiger partial charge in [0.15, 0.2) is 0 Å². The van der Waals surface area contributed by atoms with E-state index in [4.69, 9.17) is 0 Å². The number of rotatable bonds is 5. The summed E-state index contributed by atoms with van der Waals surface area (Å²) >= 11 is 0. The van der Waals surface area contributed by atoms with Gasteiger partial charge in [-0.3, -0.25) is 4.68 Å². The van der Waals surface area contributed by atoms with Crippen LogP contribution in [0.3, 0.4) is 0 Å². The number of anilines is 2. The van der Waals surface area contributed by atoms with Crippen LogP contribution in [-0.2, 0) is 6.54 Å². The minimum absolute atomic E-state index is 0.239. The van der Waals surface area contributed by atoms with Gasteiger partial charge in [0.2, 0.25) is 5.95 Å². The van der Waals surface area contributed by atoms with Crippen LogP contribution in [0.4, 0.5) is 11.8 Å². The third-order valence-corrected chi connectivity index (χ3v) is 2.60. The molecule has 1 atom stereocenters. The van der Waals surface area contributed by atoms with Gasteiger partial charge in [0.25, 0.3) is 0 Å². The van der Waals surface area contributed by atoms with Crippen LogP contribution in [0.25, 0.3) is 0 Å². The summed E-state index contributed by atoms with van der Waals surface area (Å²) in [4.78, 5) is 8.56. The molecule has 0 bridgehead atoms. The van der Waals surface area contributed by atoms with E-state index in [0.29, 0.717) is 5.95 Å². The average molecular weight is 246 g/mol. The summed E-state index contributed by atoms with van der Waals surface area (Å²) in [6.45, 7) is 4.88. The zero-order valence-corrected chi connectivity index (χ0v) is 10.9. The highest BCUT2D eigenvalue weighted by atomic mass is 15.3. The van der Waals surface area contributed by atoms with Crippen molar-refractivity contribution in [3.63, 3.8) is 0 Å². The second kappa shape index (κ2) is 5.48. The fourth-order valence-corrected chi connectivity index (χ4v) is 1.68. The molecular formula is C12H18N6. The first-order chi connectivity index (χ1) is 8.69. The fourth-order valence-electron chi connectivity index (χ4n) is 1.68. The Balaban J connectivity index is 2.04. The SMILES string of the molecule is CNc1ncc(C)c(NC(C)Cn2cccn2)n1. The average Bonchev–Trinajstić information content (AvgIpc) is 2.84. The number of nitrogens with zero attached hydrogens (tertiary/aromatic N) is 4. The summed E-state index contributed by atoms with van der Waals surface area (Å²) in [6.07, 6.45) is 5.54. The molecular weight excluding hydrogens is 228 g/mol. The van der Waals surface area contributed by atoms with E-state index in [1.54, 1.807) is 6.20 Å². The molecule has 6 nitrogen and oxygen atoms in total. The minimum atomic E-state index is 0.239. The maximum Gasteiger partial charge on any atom is 0.224 e. The molecule has 0 aliphatic carbocycles. The van der Waals surface area contributed by atoms with Crippen molar-refractivity contribution in [2.75, 3.05) is 17.7 Å². The highest BCUT2D eigenvalue weighted by Gasteiger charge is 2.07. The first kappa shape index (κ1) is 12.3. The number of hydrogen-bond donors (Lipinski definition) is 2. The monoisotopic (exact) mass is 246 g/mol. The molecule has 18 heavy (non-hydrogen) atoms. The van der Waals surface area contributed by atoms with Crippen LogP contribution < -0.4 is 10.6 Å². The van der Waals surface area contributed by atoms with Crippen LogP contribution in [0, 0.1) is 6.92 Å². The zero-order valence-electron chi connectivity index (χ0n) is 10.9. The van der Waals surface area contributed by atoms with Crippen molar-refractivity contribution in [3.05, 3.63) is 30.2 Å². The molecule has 0 radical (unpaired) electrons. The Bertz CT molecular complexity index is 493. The molecule has 2 aromatic heterocycles. The van der Waals surface area contributed by atoms with E-state index >= 15 is 0 Å². The van der Waals surface area contributed by atoms with Crippen LogP contribution >= 0.6 is 0 Å². The van der Waals surface area contributed by atoms with Crippen molar-refractivity contribution in [3.8, 4) is 0 Å². The molecule has 0 aliphatic rings. The lowest BCUT2D eigenvalue weighted by Crippen LogP contribution is -2.23. The van der Waals surface area contributed by atoms with Gasteiger partial charge in [-0.25, -0.2) is 4.98 Å². The van der Waals surface area contributed by atoms with Crippen LogP contribution in [0.1, 0.15) is 12.5 Å². The van der Waals surface area contributed by atoms with E-state index in [9.17, 15) is 0 Å². The third kappa shape index (κ3) is 2.97. The summed E-state index contributed by atoms with van der Waals surface area (Å²) < 4.78 is 1.90. The molecule has 2 rings (SSSR count). The predicted octanol–water partition coefficient (Wildman–Crippen LogP) is 1.52. The maximum atomic E-state index is 4.40. The van der Waals surface area contributed by atoms with Gasteiger partial charge in [0.1, 0.15) is 5.82 Å². The molecule has 1 unspecified atom stereocenters. The molecule has 0 saturated carbocycles. The van der Waals surface area contributed by atoms with Crippen molar-refractivity contribution in [1.82, 2.24) is 19.7 Å². The zero-order chi connectivity index (χ0) is 13.0. The molecule has 0 spiro atoms. The minimum Gasteiger partial charge on any atom is -0.365 e. The molecule has 96 valence electrons.